The lowest BCUT2D eigenvalue weighted by Gasteiger charge is -2.07. The first-order valence-corrected chi connectivity index (χ1v) is 8.05. The minimum absolute atomic E-state index is 1.10. The van der Waals surface area contributed by atoms with Gasteiger partial charge in [0, 0.05) is 0 Å². The summed E-state index contributed by atoms with van der Waals surface area (Å²) in [5.74, 6) is 0. The van der Waals surface area contributed by atoms with Crippen molar-refractivity contribution in [1.82, 2.24) is 0 Å². The Bertz CT molecular complexity index is 866. The molecule has 2 aliphatic rings. The van der Waals surface area contributed by atoms with Crippen molar-refractivity contribution < 1.29 is 0 Å². The van der Waals surface area contributed by atoms with Crippen LogP contribution >= 0.6 is 0 Å². The van der Waals surface area contributed by atoms with Crippen LogP contribution in [-0.2, 0) is 12.8 Å². The van der Waals surface area contributed by atoms with Crippen molar-refractivity contribution in [3.8, 4) is 22.3 Å². The van der Waals surface area contributed by atoms with Gasteiger partial charge in [0.1, 0.15) is 0 Å². The molecule has 0 nitrogen and oxygen atoms in total. The van der Waals surface area contributed by atoms with E-state index in [0.717, 1.165) is 12.8 Å². The van der Waals surface area contributed by atoms with Gasteiger partial charge in [0.25, 0.3) is 0 Å². The molecule has 2 aliphatic carbocycles. The van der Waals surface area contributed by atoms with E-state index in [4.69, 9.17) is 0 Å². The van der Waals surface area contributed by atoms with E-state index in [9.17, 15) is 0 Å². The van der Waals surface area contributed by atoms with Crippen molar-refractivity contribution >= 4 is 0 Å². The van der Waals surface area contributed by atoms with Gasteiger partial charge in [0.05, 0.1) is 0 Å². The molecule has 3 aromatic rings. The molecule has 0 radical (unpaired) electrons. The van der Waals surface area contributed by atoms with Gasteiger partial charge in [0.15, 0.2) is 0 Å². The lowest BCUT2D eigenvalue weighted by atomic mass is 9.96. The van der Waals surface area contributed by atoms with E-state index in [0.29, 0.717) is 0 Å². The first kappa shape index (κ1) is 12.2. The molecule has 0 spiro atoms. The number of hydrogen-bond donors (Lipinski definition) is 0. The highest BCUT2D eigenvalue weighted by Crippen LogP contribution is 2.46. The summed E-state index contributed by atoms with van der Waals surface area (Å²) in [6.07, 6.45) is 2.20. The van der Waals surface area contributed by atoms with Crippen LogP contribution in [0.5, 0.6) is 0 Å². The van der Waals surface area contributed by atoms with Crippen LogP contribution in [0, 0.1) is 13.8 Å². The van der Waals surface area contributed by atoms with Crippen molar-refractivity contribution in [3.63, 3.8) is 0 Å². The average molecular weight is 282 g/mol. The van der Waals surface area contributed by atoms with Gasteiger partial charge >= 0.3 is 0 Å². The number of hydrogen-bond acceptors (Lipinski definition) is 0. The van der Waals surface area contributed by atoms with Crippen LogP contribution in [0.15, 0.2) is 48.5 Å². The molecule has 0 heteroatoms. The zero-order valence-corrected chi connectivity index (χ0v) is 13.0. The van der Waals surface area contributed by atoms with Crippen LogP contribution < -0.4 is 0 Å². The monoisotopic (exact) mass is 282 g/mol. The number of fused-ring (bicyclic) bond motifs is 7. The van der Waals surface area contributed by atoms with Crippen molar-refractivity contribution in [1.29, 1.82) is 0 Å². The van der Waals surface area contributed by atoms with Gasteiger partial charge in [-0.1, -0.05) is 59.7 Å². The van der Waals surface area contributed by atoms with Crippen LogP contribution in [-0.4, -0.2) is 0 Å². The standard InChI is InChI=1S/C22H18/c1-13-3-5-17-15(9-13)11-21-19(17)7-8-20-18-6-4-14(2)10-16(18)12-22(20)21/h3-10H,11-12H2,1-2H3. The van der Waals surface area contributed by atoms with Crippen LogP contribution in [0.4, 0.5) is 0 Å². The molecule has 0 atom stereocenters. The van der Waals surface area contributed by atoms with Gasteiger partial charge in [-0.25, -0.2) is 0 Å². The Labute approximate surface area is 131 Å². The Kier molecular flexibility index (Phi) is 2.28. The minimum atomic E-state index is 1.10. The maximum absolute atomic E-state index is 2.36. The molecule has 0 bridgehead atoms. The SMILES string of the molecule is Cc1ccc2c(c1)Cc1c-2ccc2c1Cc1cc(C)ccc1-2. The summed E-state index contributed by atoms with van der Waals surface area (Å²) in [6, 6.07) is 18.5. The molecular formula is C22H18. The fraction of sp³-hybridized carbons (Fsp3) is 0.182. The summed E-state index contributed by atoms with van der Waals surface area (Å²) in [6.45, 7) is 4.37. The summed E-state index contributed by atoms with van der Waals surface area (Å²) in [5, 5.41) is 0. The van der Waals surface area contributed by atoms with Gasteiger partial charge in [-0.05, 0) is 71.2 Å². The van der Waals surface area contributed by atoms with Gasteiger partial charge in [0.2, 0.25) is 0 Å². The molecule has 106 valence electrons. The van der Waals surface area contributed by atoms with Gasteiger partial charge in [-0.2, -0.15) is 0 Å². The third-order valence-electron chi connectivity index (χ3n) is 5.27. The Balaban J connectivity index is 1.73. The van der Waals surface area contributed by atoms with E-state index >= 15 is 0 Å². The molecule has 0 N–H and O–H groups in total. The largest absolute Gasteiger partial charge is 0.0587 e. The Morgan fingerprint density at radius 3 is 1.41 bits per heavy atom. The number of aryl methyl sites for hydroxylation is 2. The molecule has 0 fully saturated rings. The van der Waals surface area contributed by atoms with Crippen molar-refractivity contribution in [2.45, 2.75) is 26.7 Å². The Morgan fingerprint density at radius 1 is 0.545 bits per heavy atom. The summed E-state index contributed by atoms with van der Waals surface area (Å²) < 4.78 is 0. The molecule has 0 amide bonds. The lowest BCUT2D eigenvalue weighted by Crippen LogP contribution is -1.91. The van der Waals surface area contributed by atoms with Crippen LogP contribution in [0.2, 0.25) is 0 Å². The Morgan fingerprint density at radius 2 is 0.955 bits per heavy atom. The maximum atomic E-state index is 2.36. The van der Waals surface area contributed by atoms with E-state index in [2.05, 4.69) is 62.4 Å². The predicted octanol–water partition coefficient (Wildman–Crippen LogP) is 5.45. The van der Waals surface area contributed by atoms with E-state index < -0.39 is 0 Å². The third kappa shape index (κ3) is 1.53. The van der Waals surface area contributed by atoms with Crippen molar-refractivity contribution in [2.75, 3.05) is 0 Å². The zero-order valence-electron chi connectivity index (χ0n) is 13.0. The molecular weight excluding hydrogens is 264 g/mol. The van der Waals surface area contributed by atoms with E-state index in [1.807, 2.05) is 0 Å². The number of benzene rings is 3. The Hall–Kier alpha value is -2.34. The highest BCUT2D eigenvalue weighted by atomic mass is 14.3. The van der Waals surface area contributed by atoms with Crippen molar-refractivity contribution in [3.05, 3.63) is 81.9 Å². The summed E-state index contributed by atoms with van der Waals surface area (Å²) in [4.78, 5) is 0. The molecule has 0 saturated carbocycles. The fourth-order valence-corrected chi connectivity index (χ4v) is 4.25. The molecule has 0 aliphatic heterocycles. The minimum Gasteiger partial charge on any atom is -0.0587 e. The molecule has 0 aromatic heterocycles. The predicted molar refractivity (Wildman–Crippen MR) is 92.4 cm³/mol. The van der Waals surface area contributed by atoms with Gasteiger partial charge < -0.3 is 0 Å². The van der Waals surface area contributed by atoms with E-state index in [1.54, 1.807) is 11.1 Å². The molecule has 22 heavy (non-hydrogen) atoms. The number of rotatable bonds is 0. The van der Waals surface area contributed by atoms with Crippen molar-refractivity contribution in [2.24, 2.45) is 0 Å². The van der Waals surface area contributed by atoms with Crippen LogP contribution in [0.3, 0.4) is 0 Å². The molecule has 0 heterocycles. The second-order valence-corrected chi connectivity index (χ2v) is 6.79. The molecule has 0 unspecified atom stereocenters. The normalized spacial score (nSPS) is 13.5. The van der Waals surface area contributed by atoms with E-state index in [-0.39, 0.29) is 0 Å². The summed E-state index contributed by atoms with van der Waals surface area (Å²) in [5.41, 5.74) is 14.6. The first-order chi connectivity index (χ1) is 10.7. The molecule has 5 rings (SSSR count). The molecule has 0 saturated heterocycles. The van der Waals surface area contributed by atoms with Gasteiger partial charge in [-0.15, -0.1) is 0 Å². The fourth-order valence-electron chi connectivity index (χ4n) is 4.25. The third-order valence-corrected chi connectivity index (χ3v) is 5.27. The van der Waals surface area contributed by atoms with Crippen LogP contribution in [0.1, 0.15) is 33.4 Å². The summed E-state index contributed by atoms with van der Waals surface area (Å²) >= 11 is 0. The van der Waals surface area contributed by atoms with E-state index in [1.165, 1.54) is 44.5 Å². The van der Waals surface area contributed by atoms with Crippen LogP contribution in [0.25, 0.3) is 22.3 Å². The second kappa shape index (κ2) is 4.10. The topological polar surface area (TPSA) is 0 Å². The summed E-state index contributed by atoms with van der Waals surface area (Å²) in [7, 11) is 0. The second-order valence-electron chi connectivity index (χ2n) is 6.79. The first-order valence-electron chi connectivity index (χ1n) is 8.05. The smallest absolute Gasteiger partial charge is 0.00103 e. The maximum Gasteiger partial charge on any atom is -0.00103 e. The quantitative estimate of drug-likeness (QED) is 0.354. The molecule has 3 aromatic carbocycles. The highest BCUT2D eigenvalue weighted by Gasteiger charge is 2.27. The van der Waals surface area contributed by atoms with Gasteiger partial charge in [-0.3, -0.25) is 0 Å². The zero-order chi connectivity index (χ0) is 14.8. The lowest BCUT2D eigenvalue weighted by molar-refractivity contribution is 1.16. The average Bonchev–Trinajstić information content (AvgIpc) is 3.03. The highest BCUT2D eigenvalue weighted by molar-refractivity contribution is 5.86.